The third kappa shape index (κ3) is 3.92. The van der Waals surface area contributed by atoms with Gasteiger partial charge in [0.2, 0.25) is 0 Å². The van der Waals surface area contributed by atoms with Crippen molar-refractivity contribution >= 4 is 17.4 Å². The van der Waals surface area contributed by atoms with Gasteiger partial charge in [0, 0.05) is 25.0 Å². The Morgan fingerprint density at radius 1 is 1.47 bits per heavy atom. The normalized spacial score (nSPS) is 10.1. The van der Waals surface area contributed by atoms with E-state index in [-0.39, 0.29) is 0 Å². The highest BCUT2D eigenvalue weighted by Gasteiger charge is 2.04. The lowest BCUT2D eigenvalue weighted by molar-refractivity contribution is 0.483. The fraction of sp³-hybridized carbons (Fsp3) is 0.417. The largest absolute Gasteiger partial charge is 0.359 e. The molecule has 0 bridgehead atoms. The van der Waals surface area contributed by atoms with E-state index in [1.807, 2.05) is 36.2 Å². The second kappa shape index (κ2) is 5.76. The minimum Gasteiger partial charge on any atom is -0.359 e. The van der Waals surface area contributed by atoms with E-state index in [1.54, 1.807) is 0 Å². The van der Waals surface area contributed by atoms with Crippen molar-refractivity contribution in [1.29, 1.82) is 5.41 Å². The standard InChI is InChI=1S/C12H17ClN2/c1-3-5-12(14)15(2)9-10-6-4-7-11(13)8-10/h4,6-8,14H,3,5,9H2,1-2H3. The highest BCUT2D eigenvalue weighted by molar-refractivity contribution is 6.30. The lowest BCUT2D eigenvalue weighted by atomic mass is 10.2. The fourth-order valence-corrected chi connectivity index (χ4v) is 1.65. The first-order chi connectivity index (χ1) is 7.13. The van der Waals surface area contributed by atoms with Gasteiger partial charge in [-0.15, -0.1) is 0 Å². The first-order valence-electron chi connectivity index (χ1n) is 5.16. The van der Waals surface area contributed by atoms with Gasteiger partial charge in [-0.05, 0) is 24.1 Å². The molecule has 0 aliphatic heterocycles. The molecule has 1 aromatic rings. The van der Waals surface area contributed by atoms with Crippen LogP contribution in [0.3, 0.4) is 0 Å². The topological polar surface area (TPSA) is 27.1 Å². The molecular formula is C12H17ClN2. The molecule has 0 saturated heterocycles. The van der Waals surface area contributed by atoms with Crippen LogP contribution in [0.5, 0.6) is 0 Å². The van der Waals surface area contributed by atoms with E-state index in [2.05, 4.69) is 6.92 Å². The van der Waals surface area contributed by atoms with Crippen molar-refractivity contribution in [3.63, 3.8) is 0 Å². The molecule has 0 fully saturated rings. The Bertz CT molecular complexity index is 336. The number of nitrogens with one attached hydrogen (secondary N) is 1. The van der Waals surface area contributed by atoms with Crippen molar-refractivity contribution in [3.8, 4) is 0 Å². The van der Waals surface area contributed by atoms with Gasteiger partial charge in [-0.3, -0.25) is 5.41 Å². The summed E-state index contributed by atoms with van der Waals surface area (Å²) >= 11 is 5.90. The van der Waals surface area contributed by atoms with Crippen LogP contribution in [-0.4, -0.2) is 17.8 Å². The monoisotopic (exact) mass is 224 g/mol. The third-order valence-electron chi connectivity index (χ3n) is 2.26. The molecule has 0 atom stereocenters. The van der Waals surface area contributed by atoms with E-state index in [0.717, 1.165) is 30.0 Å². The first kappa shape index (κ1) is 12.1. The Morgan fingerprint density at radius 2 is 2.20 bits per heavy atom. The van der Waals surface area contributed by atoms with Crippen LogP contribution >= 0.6 is 11.6 Å². The quantitative estimate of drug-likeness (QED) is 0.615. The summed E-state index contributed by atoms with van der Waals surface area (Å²) in [4.78, 5) is 1.95. The third-order valence-corrected chi connectivity index (χ3v) is 2.49. The van der Waals surface area contributed by atoms with Crippen molar-refractivity contribution in [2.24, 2.45) is 0 Å². The number of nitrogens with zero attached hydrogens (tertiary/aromatic N) is 1. The number of hydrogen-bond donors (Lipinski definition) is 1. The molecule has 1 aromatic carbocycles. The molecule has 0 saturated carbocycles. The maximum atomic E-state index is 7.79. The summed E-state index contributed by atoms with van der Waals surface area (Å²) in [5.74, 6) is 0.678. The summed E-state index contributed by atoms with van der Waals surface area (Å²) in [6.07, 6.45) is 1.84. The zero-order chi connectivity index (χ0) is 11.3. The average molecular weight is 225 g/mol. The van der Waals surface area contributed by atoms with E-state index in [4.69, 9.17) is 17.0 Å². The lowest BCUT2D eigenvalue weighted by Crippen LogP contribution is -2.25. The molecular weight excluding hydrogens is 208 g/mol. The molecule has 0 unspecified atom stereocenters. The zero-order valence-corrected chi connectivity index (χ0v) is 10.0. The van der Waals surface area contributed by atoms with Gasteiger partial charge in [-0.1, -0.05) is 30.7 Å². The smallest absolute Gasteiger partial charge is 0.0957 e. The maximum absolute atomic E-state index is 7.79. The van der Waals surface area contributed by atoms with Crippen LogP contribution in [0.4, 0.5) is 0 Å². The first-order valence-corrected chi connectivity index (χ1v) is 5.54. The molecule has 0 radical (unpaired) electrons. The molecule has 0 heterocycles. The summed E-state index contributed by atoms with van der Waals surface area (Å²) in [5, 5.41) is 8.54. The van der Waals surface area contributed by atoms with Gasteiger partial charge in [0.15, 0.2) is 0 Å². The lowest BCUT2D eigenvalue weighted by Gasteiger charge is -2.19. The van der Waals surface area contributed by atoms with E-state index in [9.17, 15) is 0 Å². The van der Waals surface area contributed by atoms with Crippen LogP contribution in [0.2, 0.25) is 5.02 Å². The second-order valence-electron chi connectivity index (χ2n) is 3.68. The van der Waals surface area contributed by atoms with Crippen LogP contribution in [0.1, 0.15) is 25.3 Å². The molecule has 82 valence electrons. The van der Waals surface area contributed by atoms with Crippen LogP contribution < -0.4 is 0 Å². The number of rotatable bonds is 4. The summed E-state index contributed by atoms with van der Waals surface area (Å²) in [7, 11) is 1.94. The van der Waals surface area contributed by atoms with Crippen molar-refractivity contribution in [2.45, 2.75) is 26.3 Å². The Morgan fingerprint density at radius 3 is 2.80 bits per heavy atom. The molecule has 0 aromatic heterocycles. The molecule has 0 spiro atoms. The minimum absolute atomic E-state index is 0.678. The highest BCUT2D eigenvalue weighted by atomic mass is 35.5. The second-order valence-corrected chi connectivity index (χ2v) is 4.12. The molecule has 15 heavy (non-hydrogen) atoms. The van der Waals surface area contributed by atoms with E-state index in [0.29, 0.717) is 5.84 Å². The molecule has 0 aliphatic carbocycles. The molecule has 1 N–H and O–H groups in total. The predicted molar refractivity (Wildman–Crippen MR) is 65.6 cm³/mol. The number of halogens is 1. The Labute approximate surface area is 96.4 Å². The highest BCUT2D eigenvalue weighted by Crippen LogP contribution is 2.12. The Hall–Kier alpha value is -1.02. The fourth-order valence-electron chi connectivity index (χ4n) is 1.43. The molecule has 0 aliphatic rings. The van der Waals surface area contributed by atoms with Crippen molar-refractivity contribution < 1.29 is 0 Å². The molecule has 2 nitrogen and oxygen atoms in total. The van der Waals surface area contributed by atoms with E-state index in [1.165, 1.54) is 0 Å². The summed E-state index contributed by atoms with van der Waals surface area (Å²) in [6.45, 7) is 2.83. The van der Waals surface area contributed by atoms with Gasteiger partial charge in [-0.2, -0.15) is 0 Å². The SMILES string of the molecule is CCCC(=N)N(C)Cc1cccc(Cl)c1. The van der Waals surface area contributed by atoms with Crippen molar-refractivity contribution in [2.75, 3.05) is 7.05 Å². The minimum atomic E-state index is 0.678. The summed E-state index contributed by atoms with van der Waals surface area (Å²) in [5.41, 5.74) is 1.14. The molecule has 1 rings (SSSR count). The van der Waals surface area contributed by atoms with E-state index < -0.39 is 0 Å². The molecule has 3 heteroatoms. The van der Waals surface area contributed by atoms with Gasteiger partial charge >= 0.3 is 0 Å². The van der Waals surface area contributed by atoms with Crippen LogP contribution in [0.25, 0.3) is 0 Å². The van der Waals surface area contributed by atoms with Crippen molar-refractivity contribution in [1.82, 2.24) is 4.90 Å². The van der Waals surface area contributed by atoms with Crippen LogP contribution in [0.15, 0.2) is 24.3 Å². The average Bonchev–Trinajstić information content (AvgIpc) is 2.18. The maximum Gasteiger partial charge on any atom is 0.0957 e. The van der Waals surface area contributed by atoms with Crippen LogP contribution in [0, 0.1) is 5.41 Å². The molecule has 0 amide bonds. The van der Waals surface area contributed by atoms with Crippen LogP contribution in [-0.2, 0) is 6.54 Å². The zero-order valence-electron chi connectivity index (χ0n) is 9.26. The van der Waals surface area contributed by atoms with Gasteiger partial charge < -0.3 is 4.90 Å². The number of benzene rings is 1. The number of amidine groups is 1. The Kier molecular flexibility index (Phi) is 4.63. The number of hydrogen-bond acceptors (Lipinski definition) is 1. The van der Waals surface area contributed by atoms with Crippen molar-refractivity contribution in [3.05, 3.63) is 34.9 Å². The summed E-state index contributed by atoms with van der Waals surface area (Å²) < 4.78 is 0. The van der Waals surface area contributed by atoms with E-state index >= 15 is 0 Å². The Balaban J connectivity index is 2.58. The predicted octanol–water partition coefficient (Wildman–Crippen LogP) is 3.55. The van der Waals surface area contributed by atoms with Gasteiger partial charge in [0.25, 0.3) is 0 Å². The summed E-state index contributed by atoms with van der Waals surface area (Å²) in [6, 6.07) is 7.77. The van der Waals surface area contributed by atoms with Gasteiger partial charge in [0.1, 0.15) is 0 Å². The van der Waals surface area contributed by atoms with Gasteiger partial charge in [0.05, 0.1) is 5.84 Å². The van der Waals surface area contributed by atoms with Gasteiger partial charge in [-0.25, -0.2) is 0 Å².